The fraction of sp³-hybridized carbons (Fsp3) is 0.533. The number of nitrogens with two attached hydrogens (primary N) is 1. The summed E-state index contributed by atoms with van der Waals surface area (Å²) in [5.74, 6) is 1.01. The standard InChI is InChI=1S/C15H25N3O2/c1-17(2)10-12(11-18(3)4)15(19)16-13-6-8-14(20-5)9-7-13/h6-9,12H,10-11H2,1-5H3,(H,16,19)/p+2. The van der Waals surface area contributed by atoms with E-state index >= 15 is 0 Å². The average molecular weight is 281 g/mol. The van der Waals surface area contributed by atoms with Crippen molar-refractivity contribution in [2.45, 2.75) is 0 Å². The van der Waals surface area contributed by atoms with Gasteiger partial charge in [-0.15, -0.1) is 0 Å². The maximum Gasteiger partial charge on any atom is 0.325 e. The van der Waals surface area contributed by atoms with Crippen LogP contribution in [0.2, 0.25) is 0 Å². The largest absolute Gasteiger partial charge is 0.497 e. The van der Waals surface area contributed by atoms with Gasteiger partial charge in [0.05, 0.1) is 27.7 Å². The first-order valence-electron chi connectivity index (χ1n) is 6.88. The number of carbonyl (C=O) groups excluding carboxylic acids is 1. The Morgan fingerprint density at radius 1 is 1.30 bits per heavy atom. The Kier molecular flexibility index (Phi) is 6.64. The molecule has 0 saturated heterocycles. The summed E-state index contributed by atoms with van der Waals surface area (Å²) in [6.07, 6.45) is 0. The molecule has 0 fully saturated rings. The van der Waals surface area contributed by atoms with E-state index in [0.717, 1.165) is 24.5 Å². The number of amides is 1. The lowest BCUT2D eigenvalue weighted by molar-refractivity contribution is -0.861. The SMILES string of the molecule is COc1ccc([NH2+]C(=O)C(CN(C)C)C[NH+](C)C)cc1. The van der Waals surface area contributed by atoms with Gasteiger partial charge >= 0.3 is 5.91 Å². The summed E-state index contributed by atoms with van der Waals surface area (Å²) in [5.41, 5.74) is 0.924. The van der Waals surface area contributed by atoms with Crippen LogP contribution in [0.5, 0.6) is 5.75 Å². The molecule has 112 valence electrons. The highest BCUT2D eigenvalue weighted by Crippen LogP contribution is 2.11. The van der Waals surface area contributed by atoms with E-state index in [4.69, 9.17) is 4.74 Å². The summed E-state index contributed by atoms with van der Waals surface area (Å²) in [5, 5.41) is 1.73. The zero-order chi connectivity index (χ0) is 15.1. The molecule has 1 unspecified atom stereocenters. The molecule has 0 spiro atoms. The molecule has 0 bridgehead atoms. The van der Waals surface area contributed by atoms with Crippen LogP contribution in [-0.4, -0.2) is 59.2 Å². The molecular weight excluding hydrogens is 254 g/mol. The van der Waals surface area contributed by atoms with Crippen LogP contribution in [-0.2, 0) is 4.79 Å². The molecule has 0 heterocycles. The zero-order valence-corrected chi connectivity index (χ0v) is 13.1. The molecule has 1 amide bonds. The van der Waals surface area contributed by atoms with Gasteiger partial charge in [-0.25, -0.2) is 4.79 Å². The van der Waals surface area contributed by atoms with E-state index < -0.39 is 0 Å². The third-order valence-electron chi connectivity index (χ3n) is 3.07. The summed E-state index contributed by atoms with van der Waals surface area (Å²) in [6, 6.07) is 7.56. The lowest BCUT2D eigenvalue weighted by atomic mass is 10.1. The van der Waals surface area contributed by atoms with E-state index in [0.29, 0.717) is 0 Å². The van der Waals surface area contributed by atoms with Gasteiger partial charge in [0.1, 0.15) is 17.4 Å². The van der Waals surface area contributed by atoms with Crippen molar-refractivity contribution >= 4 is 11.6 Å². The van der Waals surface area contributed by atoms with Gasteiger partial charge < -0.3 is 14.5 Å². The fourth-order valence-corrected chi connectivity index (χ4v) is 2.17. The van der Waals surface area contributed by atoms with Gasteiger partial charge in [-0.3, -0.25) is 5.32 Å². The Balaban J connectivity index is 2.68. The highest BCUT2D eigenvalue weighted by Gasteiger charge is 2.26. The highest BCUT2D eigenvalue weighted by molar-refractivity contribution is 5.71. The van der Waals surface area contributed by atoms with Crippen molar-refractivity contribution in [2.24, 2.45) is 5.92 Å². The molecule has 3 N–H and O–H groups in total. The first-order chi connectivity index (χ1) is 9.42. The minimum absolute atomic E-state index is 0.0251. The van der Waals surface area contributed by atoms with Crippen LogP contribution in [0.4, 0.5) is 5.69 Å². The quantitative estimate of drug-likeness (QED) is 0.613. The molecule has 1 aromatic rings. The number of ether oxygens (including phenoxy) is 1. The van der Waals surface area contributed by atoms with E-state index in [2.05, 4.69) is 19.0 Å². The topological polar surface area (TPSA) is 50.6 Å². The van der Waals surface area contributed by atoms with Gasteiger partial charge in [0.15, 0.2) is 0 Å². The molecular formula is C15H27N3O2+2. The second-order valence-corrected chi connectivity index (χ2v) is 5.69. The lowest BCUT2D eigenvalue weighted by Gasteiger charge is -2.19. The van der Waals surface area contributed by atoms with Gasteiger partial charge in [-0.05, 0) is 26.2 Å². The second-order valence-electron chi connectivity index (χ2n) is 5.69. The molecule has 0 saturated carbocycles. The average Bonchev–Trinajstić information content (AvgIpc) is 2.37. The smallest absolute Gasteiger partial charge is 0.325 e. The number of methoxy groups -OCH3 is 1. The molecule has 1 atom stereocenters. The maximum absolute atomic E-state index is 12.4. The minimum Gasteiger partial charge on any atom is -0.497 e. The molecule has 5 heteroatoms. The number of hydrogen-bond donors (Lipinski definition) is 2. The molecule has 0 aliphatic rings. The predicted octanol–water partition coefficient (Wildman–Crippen LogP) is -1.26. The molecule has 0 aliphatic heterocycles. The monoisotopic (exact) mass is 281 g/mol. The highest BCUT2D eigenvalue weighted by atomic mass is 16.5. The van der Waals surface area contributed by atoms with E-state index in [-0.39, 0.29) is 11.8 Å². The molecule has 0 aliphatic carbocycles. The third kappa shape index (κ3) is 5.69. The number of primary amides is 1. The number of benzene rings is 1. The summed E-state index contributed by atoms with van der Waals surface area (Å²) < 4.78 is 5.12. The summed E-state index contributed by atoms with van der Waals surface area (Å²) >= 11 is 0. The number of carbonyl (C=O) groups is 1. The van der Waals surface area contributed by atoms with Crippen molar-refractivity contribution in [1.82, 2.24) is 4.90 Å². The lowest BCUT2D eigenvalue weighted by Crippen LogP contribution is -3.07. The van der Waals surface area contributed by atoms with Crippen molar-refractivity contribution in [3.05, 3.63) is 24.3 Å². The Bertz CT molecular complexity index is 406. The fourth-order valence-electron chi connectivity index (χ4n) is 2.17. The van der Waals surface area contributed by atoms with Crippen LogP contribution < -0.4 is 15.0 Å². The first-order valence-corrected chi connectivity index (χ1v) is 6.88. The molecule has 20 heavy (non-hydrogen) atoms. The van der Waals surface area contributed by atoms with E-state index in [1.165, 1.54) is 4.90 Å². The van der Waals surface area contributed by atoms with Gasteiger partial charge in [0, 0.05) is 18.7 Å². The zero-order valence-electron chi connectivity index (χ0n) is 13.1. The number of rotatable bonds is 7. The van der Waals surface area contributed by atoms with E-state index in [1.54, 1.807) is 12.4 Å². The number of quaternary nitrogens is 2. The normalized spacial score (nSPS) is 12.8. The summed E-state index contributed by atoms with van der Waals surface area (Å²) in [4.78, 5) is 15.8. The van der Waals surface area contributed by atoms with Crippen molar-refractivity contribution in [3.63, 3.8) is 0 Å². The minimum atomic E-state index is 0.0251. The number of nitrogens with one attached hydrogen (secondary N) is 1. The first kappa shape index (κ1) is 16.6. The number of nitrogens with zero attached hydrogens (tertiary/aromatic N) is 1. The number of hydrogen-bond acceptors (Lipinski definition) is 3. The molecule has 0 radical (unpaired) electrons. The second kappa shape index (κ2) is 7.99. The molecule has 5 nitrogen and oxygen atoms in total. The Morgan fingerprint density at radius 2 is 1.90 bits per heavy atom. The Morgan fingerprint density at radius 3 is 2.35 bits per heavy atom. The van der Waals surface area contributed by atoms with Gasteiger partial charge in [0.25, 0.3) is 0 Å². The molecule has 0 aromatic heterocycles. The van der Waals surface area contributed by atoms with Gasteiger partial charge in [0.2, 0.25) is 0 Å². The van der Waals surface area contributed by atoms with Crippen molar-refractivity contribution in [3.8, 4) is 5.75 Å². The van der Waals surface area contributed by atoms with Crippen LogP contribution in [0, 0.1) is 5.92 Å². The Labute approximate surface area is 121 Å². The van der Waals surface area contributed by atoms with Gasteiger partial charge in [-0.2, -0.15) is 0 Å². The van der Waals surface area contributed by atoms with Crippen molar-refractivity contribution in [2.75, 3.05) is 48.4 Å². The van der Waals surface area contributed by atoms with E-state index in [1.807, 2.05) is 38.4 Å². The van der Waals surface area contributed by atoms with Crippen LogP contribution in [0.1, 0.15) is 0 Å². The van der Waals surface area contributed by atoms with Crippen LogP contribution >= 0.6 is 0 Å². The van der Waals surface area contributed by atoms with Crippen LogP contribution in [0.15, 0.2) is 24.3 Å². The predicted molar refractivity (Wildman–Crippen MR) is 79.3 cm³/mol. The van der Waals surface area contributed by atoms with Gasteiger partial charge in [-0.1, -0.05) is 0 Å². The molecule has 1 aromatic carbocycles. The van der Waals surface area contributed by atoms with Crippen LogP contribution in [0.3, 0.4) is 0 Å². The van der Waals surface area contributed by atoms with Crippen molar-refractivity contribution in [1.29, 1.82) is 0 Å². The van der Waals surface area contributed by atoms with E-state index in [9.17, 15) is 4.79 Å². The van der Waals surface area contributed by atoms with Crippen LogP contribution in [0.25, 0.3) is 0 Å². The third-order valence-corrected chi connectivity index (χ3v) is 3.07. The van der Waals surface area contributed by atoms with Crippen molar-refractivity contribution < 1.29 is 19.7 Å². The molecule has 1 rings (SSSR count). The summed E-state index contributed by atoms with van der Waals surface area (Å²) in [7, 11) is 9.78. The maximum atomic E-state index is 12.4. The Hall–Kier alpha value is -1.43. The summed E-state index contributed by atoms with van der Waals surface area (Å²) in [6.45, 7) is 1.61.